The maximum atomic E-state index is 5.81. The predicted octanol–water partition coefficient (Wildman–Crippen LogP) is 5.17. The Kier molecular flexibility index (Phi) is 3.95. The molecule has 3 heterocycles. The van der Waals surface area contributed by atoms with Crippen LogP contribution < -0.4 is 9.47 Å². The van der Waals surface area contributed by atoms with Gasteiger partial charge in [0.2, 0.25) is 0 Å². The van der Waals surface area contributed by atoms with Crippen molar-refractivity contribution in [2.45, 2.75) is 0 Å². The van der Waals surface area contributed by atoms with Crippen molar-refractivity contribution in [2.75, 3.05) is 13.2 Å². The first-order valence-corrected chi connectivity index (χ1v) is 10.4. The zero-order valence-electron chi connectivity index (χ0n) is 15.7. The van der Waals surface area contributed by atoms with E-state index in [9.17, 15) is 0 Å². The van der Waals surface area contributed by atoms with E-state index in [2.05, 4.69) is 15.9 Å². The molecular weight excluding hydrogens is 444 g/mol. The second kappa shape index (κ2) is 6.81. The summed E-state index contributed by atoms with van der Waals surface area (Å²) >= 11 is 3.56. The predicted molar refractivity (Wildman–Crippen MR) is 118 cm³/mol. The normalized spacial score (nSPS) is 13.1. The summed E-state index contributed by atoms with van der Waals surface area (Å²) in [4.78, 5) is 14.5. The van der Waals surface area contributed by atoms with Crippen molar-refractivity contribution in [3.63, 3.8) is 0 Å². The van der Waals surface area contributed by atoms with Gasteiger partial charge >= 0.3 is 0 Å². The third kappa shape index (κ3) is 2.81. The topological polar surface area (TPSA) is 62.1 Å². The van der Waals surface area contributed by atoms with Crippen LogP contribution in [0.1, 0.15) is 0 Å². The van der Waals surface area contributed by atoms with Gasteiger partial charge in [-0.3, -0.25) is 4.57 Å². The van der Waals surface area contributed by atoms with E-state index in [0.717, 1.165) is 44.1 Å². The molecule has 0 spiro atoms. The smallest absolute Gasteiger partial charge is 0.199 e. The van der Waals surface area contributed by atoms with Gasteiger partial charge in [0.15, 0.2) is 22.8 Å². The van der Waals surface area contributed by atoms with Gasteiger partial charge in [0.1, 0.15) is 19.0 Å². The zero-order chi connectivity index (χ0) is 20.1. The number of para-hydroxylation sites is 2. The van der Waals surface area contributed by atoms with Gasteiger partial charge in [-0.2, -0.15) is 0 Å². The van der Waals surface area contributed by atoms with Crippen LogP contribution in [-0.4, -0.2) is 32.7 Å². The van der Waals surface area contributed by atoms with Crippen LogP contribution in [0.25, 0.3) is 39.4 Å². The molecule has 6 nitrogen and oxygen atoms in total. The Morgan fingerprint density at radius 2 is 1.57 bits per heavy atom. The average Bonchev–Trinajstić information content (AvgIpc) is 3.15. The highest BCUT2D eigenvalue weighted by molar-refractivity contribution is 9.10. The van der Waals surface area contributed by atoms with Crippen LogP contribution in [0.5, 0.6) is 11.5 Å². The van der Waals surface area contributed by atoms with Gasteiger partial charge in [-0.15, -0.1) is 0 Å². The van der Waals surface area contributed by atoms with E-state index in [1.807, 2.05) is 71.3 Å². The first-order valence-electron chi connectivity index (χ1n) is 9.57. The Balaban J connectivity index is 1.67. The SMILES string of the molecule is Brc1cccc(-c2nc3nc4ccccc4nc3n2-c2ccc3c(c2)OCCO3)c1. The summed E-state index contributed by atoms with van der Waals surface area (Å²) in [7, 11) is 0. The lowest BCUT2D eigenvalue weighted by molar-refractivity contribution is 0.171. The Morgan fingerprint density at radius 1 is 0.767 bits per heavy atom. The molecule has 146 valence electrons. The molecule has 2 aromatic heterocycles. The van der Waals surface area contributed by atoms with Crippen LogP contribution in [0.3, 0.4) is 0 Å². The van der Waals surface area contributed by atoms with E-state index in [-0.39, 0.29) is 0 Å². The third-order valence-electron chi connectivity index (χ3n) is 5.04. The molecule has 0 saturated heterocycles. The third-order valence-corrected chi connectivity index (χ3v) is 5.53. The van der Waals surface area contributed by atoms with E-state index in [1.165, 1.54) is 0 Å². The number of benzene rings is 3. The number of nitrogens with zero attached hydrogens (tertiary/aromatic N) is 4. The number of rotatable bonds is 2. The first-order chi connectivity index (χ1) is 14.8. The Bertz CT molecular complexity index is 1430. The van der Waals surface area contributed by atoms with Crippen molar-refractivity contribution in [2.24, 2.45) is 0 Å². The summed E-state index contributed by atoms with van der Waals surface area (Å²) in [6.07, 6.45) is 0. The van der Waals surface area contributed by atoms with E-state index < -0.39 is 0 Å². The zero-order valence-corrected chi connectivity index (χ0v) is 17.3. The summed E-state index contributed by atoms with van der Waals surface area (Å²) < 4.78 is 14.5. The van der Waals surface area contributed by atoms with E-state index in [4.69, 9.17) is 24.4 Å². The highest BCUT2D eigenvalue weighted by atomic mass is 79.9. The minimum absolute atomic E-state index is 0.532. The van der Waals surface area contributed by atoms with Crippen molar-refractivity contribution < 1.29 is 9.47 Å². The Hall–Kier alpha value is -3.45. The van der Waals surface area contributed by atoms with Crippen molar-refractivity contribution in [1.82, 2.24) is 19.5 Å². The average molecular weight is 459 g/mol. The number of halogens is 1. The van der Waals surface area contributed by atoms with Crippen LogP contribution in [0.15, 0.2) is 71.2 Å². The molecule has 1 aliphatic rings. The Morgan fingerprint density at radius 3 is 2.40 bits per heavy atom. The van der Waals surface area contributed by atoms with Crippen LogP contribution in [-0.2, 0) is 0 Å². The van der Waals surface area contributed by atoms with Gasteiger partial charge in [-0.25, -0.2) is 15.0 Å². The highest BCUT2D eigenvalue weighted by Crippen LogP contribution is 2.35. The van der Waals surface area contributed by atoms with Crippen molar-refractivity contribution >= 4 is 38.3 Å². The molecule has 0 saturated carbocycles. The lowest BCUT2D eigenvalue weighted by Gasteiger charge is -2.19. The standard InChI is InChI=1S/C23H15BrN4O2/c24-15-5-3-4-14(12-15)22-27-21-23(26-18-7-2-1-6-17(18)25-21)28(22)16-8-9-19-20(13-16)30-11-10-29-19/h1-9,12-13H,10-11H2. The summed E-state index contributed by atoms with van der Waals surface area (Å²) in [6, 6.07) is 21.8. The number of ether oxygens (including phenoxy) is 2. The van der Waals surface area contributed by atoms with Crippen molar-refractivity contribution in [1.29, 1.82) is 0 Å². The molecule has 0 bridgehead atoms. The molecule has 5 aromatic rings. The van der Waals surface area contributed by atoms with Gasteiger partial charge in [0, 0.05) is 16.1 Å². The van der Waals surface area contributed by atoms with Gasteiger partial charge in [-0.1, -0.05) is 40.2 Å². The number of imidazole rings is 1. The minimum Gasteiger partial charge on any atom is -0.486 e. The summed E-state index contributed by atoms with van der Waals surface area (Å²) in [5.41, 5.74) is 4.78. The molecular formula is C23H15BrN4O2. The van der Waals surface area contributed by atoms with Crippen LogP contribution in [0.4, 0.5) is 0 Å². The highest BCUT2D eigenvalue weighted by Gasteiger charge is 2.20. The van der Waals surface area contributed by atoms with Crippen LogP contribution >= 0.6 is 15.9 Å². The van der Waals surface area contributed by atoms with E-state index in [1.54, 1.807) is 0 Å². The molecule has 30 heavy (non-hydrogen) atoms. The maximum Gasteiger partial charge on any atom is 0.199 e. The molecule has 0 atom stereocenters. The minimum atomic E-state index is 0.532. The van der Waals surface area contributed by atoms with Crippen molar-refractivity contribution in [3.8, 4) is 28.6 Å². The molecule has 7 heteroatoms. The molecule has 1 aliphatic heterocycles. The fraction of sp³-hybridized carbons (Fsp3) is 0.0870. The summed E-state index contributed by atoms with van der Waals surface area (Å²) in [5, 5.41) is 0. The van der Waals surface area contributed by atoms with Gasteiger partial charge in [0.05, 0.1) is 16.7 Å². The molecule has 6 rings (SSSR count). The quantitative estimate of drug-likeness (QED) is 0.365. The Labute approximate surface area is 180 Å². The molecule has 0 N–H and O–H groups in total. The number of hydrogen-bond acceptors (Lipinski definition) is 5. The molecule has 0 fully saturated rings. The first kappa shape index (κ1) is 17.4. The molecule has 0 amide bonds. The molecule has 0 unspecified atom stereocenters. The summed E-state index contributed by atoms with van der Waals surface area (Å²) in [6.45, 7) is 1.09. The second-order valence-electron chi connectivity index (χ2n) is 6.97. The lowest BCUT2D eigenvalue weighted by Crippen LogP contribution is -2.15. The molecule has 3 aromatic carbocycles. The second-order valence-corrected chi connectivity index (χ2v) is 7.88. The van der Waals surface area contributed by atoms with Gasteiger partial charge < -0.3 is 9.47 Å². The van der Waals surface area contributed by atoms with Crippen molar-refractivity contribution in [3.05, 3.63) is 71.2 Å². The van der Waals surface area contributed by atoms with E-state index in [0.29, 0.717) is 24.5 Å². The van der Waals surface area contributed by atoms with Crippen LogP contribution in [0, 0.1) is 0 Å². The maximum absolute atomic E-state index is 5.81. The molecule has 0 radical (unpaired) electrons. The van der Waals surface area contributed by atoms with Gasteiger partial charge in [0.25, 0.3) is 0 Å². The number of aromatic nitrogens is 4. The fourth-order valence-electron chi connectivity index (χ4n) is 3.69. The number of hydrogen-bond donors (Lipinski definition) is 0. The molecule has 0 aliphatic carbocycles. The lowest BCUT2D eigenvalue weighted by atomic mass is 10.2. The van der Waals surface area contributed by atoms with Gasteiger partial charge in [-0.05, 0) is 36.4 Å². The number of fused-ring (bicyclic) bond motifs is 3. The summed E-state index contributed by atoms with van der Waals surface area (Å²) in [5.74, 6) is 2.22. The monoisotopic (exact) mass is 458 g/mol. The van der Waals surface area contributed by atoms with Crippen LogP contribution in [0.2, 0.25) is 0 Å². The van der Waals surface area contributed by atoms with E-state index >= 15 is 0 Å². The fourth-order valence-corrected chi connectivity index (χ4v) is 4.09. The largest absolute Gasteiger partial charge is 0.486 e.